The van der Waals surface area contributed by atoms with Gasteiger partial charge in [0.15, 0.2) is 11.6 Å². The van der Waals surface area contributed by atoms with Gasteiger partial charge in [-0.3, -0.25) is 9.59 Å². The van der Waals surface area contributed by atoms with Gasteiger partial charge in [0, 0.05) is 25.6 Å². The summed E-state index contributed by atoms with van der Waals surface area (Å²) < 4.78 is 11.7. The second-order valence-corrected chi connectivity index (χ2v) is 11.3. The molecule has 4 aliphatic carbocycles. The number of hydrogen-bond donors (Lipinski definition) is 1. The van der Waals surface area contributed by atoms with Gasteiger partial charge in [-0.05, 0) is 73.7 Å². The topological polar surface area (TPSA) is 72.8 Å². The van der Waals surface area contributed by atoms with Crippen molar-refractivity contribution < 1.29 is 24.2 Å². The van der Waals surface area contributed by atoms with Crippen molar-refractivity contribution in [2.24, 2.45) is 28.1 Å². The molecule has 5 nitrogen and oxygen atoms in total. The maximum Gasteiger partial charge on any atom is 0.190 e. The molecule has 0 unspecified atom stereocenters. The molecule has 0 bridgehead atoms. The summed E-state index contributed by atoms with van der Waals surface area (Å²) in [6, 6.07) is 0. The number of Topliss-reactive ketones (excluding diaryl/α,β-unsaturated/α-hetero) is 1. The number of hydrogen-bond acceptors (Lipinski definition) is 5. The van der Waals surface area contributed by atoms with Crippen molar-refractivity contribution in [3.8, 4) is 0 Å². The molecule has 0 aromatic carbocycles. The summed E-state index contributed by atoms with van der Waals surface area (Å²) in [6.45, 7) is 9.46. The average Bonchev–Trinajstić information content (AvgIpc) is 3.02. The van der Waals surface area contributed by atoms with E-state index < -0.39 is 17.1 Å². The van der Waals surface area contributed by atoms with Crippen LogP contribution in [0.25, 0.3) is 0 Å². The lowest BCUT2D eigenvalue weighted by molar-refractivity contribution is -0.213. The van der Waals surface area contributed by atoms with E-state index in [9.17, 15) is 14.7 Å². The smallest absolute Gasteiger partial charge is 0.190 e. The predicted octanol–water partition coefficient (Wildman–Crippen LogP) is 4.26. The SMILES string of the molecule is CCCOCC(=O)[C@@]1(OC)CC[C@H]2[C@]3(C)CCC4=CC(=O)CC[C@]4(C)[C@H]3[C@@H](O)C[C@@]21C. The van der Waals surface area contributed by atoms with Crippen LogP contribution in [0, 0.1) is 28.1 Å². The van der Waals surface area contributed by atoms with Crippen molar-refractivity contribution in [3.05, 3.63) is 11.6 Å². The van der Waals surface area contributed by atoms with Gasteiger partial charge in [-0.1, -0.05) is 33.3 Å². The molecule has 0 aromatic rings. The Labute approximate surface area is 186 Å². The van der Waals surface area contributed by atoms with Gasteiger partial charge < -0.3 is 14.6 Å². The fraction of sp³-hybridized carbons (Fsp3) is 0.846. The van der Waals surface area contributed by atoms with E-state index in [2.05, 4.69) is 20.8 Å². The summed E-state index contributed by atoms with van der Waals surface area (Å²) in [6.07, 6.45) is 7.63. The molecule has 0 aliphatic heterocycles. The van der Waals surface area contributed by atoms with Crippen molar-refractivity contribution >= 4 is 11.6 Å². The first-order valence-electron chi connectivity index (χ1n) is 12.2. The molecule has 0 radical (unpaired) electrons. The fourth-order valence-electron chi connectivity index (χ4n) is 8.71. The summed E-state index contributed by atoms with van der Waals surface area (Å²) in [7, 11) is 1.65. The van der Waals surface area contributed by atoms with Gasteiger partial charge >= 0.3 is 0 Å². The van der Waals surface area contributed by atoms with E-state index in [0.29, 0.717) is 31.8 Å². The maximum absolute atomic E-state index is 13.5. The fourth-order valence-corrected chi connectivity index (χ4v) is 8.71. The Balaban J connectivity index is 1.72. The lowest BCUT2D eigenvalue weighted by atomic mass is 9.40. The van der Waals surface area contributed by atoms with Crippen LogP contribution in [0.3, 0.4) is 0 Å². The van der Waals surface area contributed by atoms with Crippen molar-refractivity contribution in [1.82, 2.24) is 0 Å². The van der Waals surface area contributed by atoms with Crippen molar-refractivity contribution in [1.29, 1.82) is 0 Å². The minimum Gasteiger partial charge on any atom is -0.393 e. The van der Waals surface area contributed by atoms with Crippen LogP contribution in [0.15, 0.2) is 11.6 Å². The summed E-state index contributed by atoms with van der Waals surface area (Å²) in [4.78, 5) is 25.6. The second-order valence-electron chi connectivity index (χ2n) is 11.3. The normalized spacial score (nSPS) is 46.7. The lowest BCUT2D eigenvalue weighted by Crippen LogP contribution is -2.66. The average molecular weight is 433 g/mol. The van der Waals surface area contributed by atoms with E-state index in [1.165, 1.54) is 5.57 Å². The molecule has 0 spiro atoms. The van der Waals surface area contributed by atoms with E-state index in [1.807, 2.05) is 13.0 Å². The number of aliphatic hydroxyl groups is 1. The monoisotopic (exact) mass is 432 g/mol. The summed E-state index contributed by atoms with van der Waals surface area (Å²) in [5.41, 5.74) is -0.340. The van der Waals surface area contributed by atoms with Crippen molar-refractivity contribution in [3.63, 3.8) is 0 Å². The molecular weight excluding hydrogens is 392 g/mol. The van der Waals surface area contributed by atoms with Gasteiger partial charge in [-0.15, -0.1) is 0 Å². The molecule has 0 amide bonds. The third kappa shape index (κ3) is 3.06. The molecule has 7 atom stereocenters. The van der Waals surface area contributed by atoms with E-state index in [1.54, 1.807) is 7.11 Å². The van der Waals surface area contributed by atoms with E-state index in [4.69, 9.17) is 9.47 Å². The highest BCUT2D eigenvalue weighted by Gasteiger charge is 2.72. The van der Waals surface area contributed by atoms with Gasteiger partial charge in [-0.25, -0.2) is 0 Å². The minimum atomic E-state index is -0.903. The Bertz CT molecular complexity index is 789. The second kappa shape index (κ2) is 7.78. The number of ether oxygens (including phenoxy) is 2. The van der Waals surface area contributed by atoms with Gasteiger partial charge in [0.05, 0.1) is 6.10 Å². The lowest BCUT2D eigenvalue weighted by Gasteiger charge is -2.65. The molecule has 0 saturated heterocycles. The standard InChI is InChI=1S/C26H40O5/c1-6-13-31-16-21(29)26(30-5)12-9-20-24(3)10-7-17-14-18(27)8-11-23(17,2)22(24)19(28)15-25(20,26)4/h14,19-20,22,28H,6-13,15-16H2,1-5H3/t19-,20-,22+,23-,24-,25-,26-/m0/s1. The highest BCUT2D eigenvalue weighted by atomic mass is 16.5. The van der Waals surface area contributed by atoms with Crippen LogP contribution in [0.4, 0.5) is 0 Å². The number of aliphatic hydroxyl groups excluding tert-OH is 1. The van der Waals surface area contributed by atoms with Crippen LogP contribution in [-0.2, 0) is 19.1 Å². The molecular formula is C26H40O5. The number of carbonyl (C=O) groups excluding carboxylic acids is 2. The van der Waals surface area contributed by atoms with Crippen LogP contribution < -0.4 is 0 Å². The predicted molar refractivity (Wildman–Crippen MR) is 119 cm³/mol. The molecule has 3 fully saturated rings. The highest BCUT2D eigenvalue weighted by molar-refractivity contribution is 5.92. The Hall–Kier alpha value is -1.04. The third-order valence-electron chi connectivity index (χ3n) is 9.96. The first-order valence-corrected chi connectivity index (χ1v) is 12.2. The van der Waals surface area contributed by atoms with Crippen LogP contribution in [0.2, 0.25) is 0 Å². The van der Waals surface area contributed by atoms with E-state index in [0.717, 1.165) is 32.1 Å². The summed E-state index contributed by atoms with van der Waals surface area (Å²) >= 11 is 0. The third-order valence-corrected chi connectivity index (χ3v) is 9.96. The Morgan fingerprint density at radius 2 is 1.94 bits per heavy atom. The van der Waals surface area contributed by atoms with E-state index in [-0.39, 0.29) is 34.9 Å². The first kappa shape index (κ1) is 23.1. The molecule has 174 valence electrons. The zero-order chi connectivity index (χ0) is 22.7. The molecule has 4 aliphatic rings. The quantitative estimate of drug-likeness (QED) is 0.635. The molecule has 0 aromatic heterocycles. The highest BCUT2D eigenvalue weighted by Crippen LogP contribution is 2.72. The maximum atomic E-state index is 13.5. The van der Waals surface area contributed by atoms with Crippen LogP contribution in [0.5, 0.6) is 0 Å². The molecule has 3 saturated carbocycles. The number of ketones is 2. The Kier molecular flexibility index (Phi) is 5.80. The van der Waals surface area contributed by atoms with Gasteiger partial charge in [0.2, 0.25) is 0 Å². The Morgan fingerprint density at radius 3 is 2.61 bits per heavy atom. The van der Waals surface area contributed by atoms with Crippen LogP contribution in [0.1, 0.15) is 79.1 Å². The number of rotatable bonds is 6. The van der Waals surface area contributed by atoms with Gasteiger partial charge in [0.1, 0.15) is 12.2 Å². The van der Waals surface area contributed by atoms with Gasteiger partial charge in [-0.2, -0.15) is 0 Å². The molecule has 0 heterocycles. The number of carbonyl (C=O) groups is 2. The number of methoxy groups -OCH3 is 1. The summed E-state index contributed by atoms with van der Waals surface area (Å²) in [5, 5.41) is 11.7. The molecule has 4 rings (SSSR count). The molecule has 31 heavy (non-hydrogen) atoms. The molecule has 5 heteroatoms. The summed E-state index contributed by atoms with van der Waals surface area (Å²) in [5.74, 6) is 0.640. The zero-order valence-corrected chi connectivity index (χ0v) is 20.0. The van der Waals surface area contributed by atoms with Gasteiger partial charge in [0.25, 0.3) is 0 Å². The van der Waals surface area contributed by atoms with Crippen LogP contribution in [-0.4, -0.2) is 48.7 Å². The Morgan fingerprint density at radius 1 is 1.19 bits per heavy atom. The number of fused-ring (bicyclic) bond motifs is 5. The van der Waals surface area contributed by atoms with Crippen LogP contribution >= 0.6 is 0 Å². The van der Waals surface area contributed by atoms with Crippen molar-refractivity contribution in [2.75, 3.05) is 20.3 Å². The minimum absolute atomic E-state index is 0.0218. The largest absolute Gasteiger partial charge is 0.393 e. The molecule has 1 N–H and O–H groups in total. The van der Waals surface area contributed by atoms with E-state index >= 15 is 0 Å². The van der Waals surface area contributed by atoms with Crippen molar-refractivity contribution in [2.45, 2.75) is 90.8 Å². The first-order chi connectivity index (χ1) is 14.6. The zero-order valence-electron chi connectivity index (χ0n) is 20.0. The number of allylic oxidation sites excluding steroid dienone is 1.